The van der Waals surface area contributed by atoms with Gasteiger partial charge in [-0.15, -0.1) is 0 Å². The van der Waals surface area contributed by atoms with Crippen molar-refractivity contribution < 1.29 is 37.6 Å². The number of esters is 2. The Balaban J connectivity index is 3.87. The lowest BCUT2D eigenvalue weighted by molar-refractivity contribution is -0.161. The van der Waals surface area contributed by atoms with Crippen molar-refractivity contribution in [2.24, 2.45) is 5.73 Å². The molecule has 0 rings (SSSR count). The Hall–Kier alpha value is -2.55. The summed E-state index contributed by atoms with van der Waals surface area (Å²) in [5, 5.41) is 0. The molecule has 0 amide bonds. The number of allylic oxidation sites excluding steroid dienone is 12. The van der Waals surface area contributed by atoms with Gasteiger partial charge in [-0.2, -0.15) is 0 Å². The highest BCUT2D eigenvalue weighted by Gasteiger charge is 2.26. The molecule has 0 aromatic rings. The zero-order valence-corrected chi connectivity index (χ0v) is 51.1. The van der Waals surface area contributed by atoms with E-state index >= 15 is 0 Å². The Morgan fingerprint density at radius 1 is 0.403 bits per heavy atom. The minimum Gasteiger partial charge on any atom is -0.462 e. The van der Waals surface area contributed by atoms with Gasteiger partial charge in [0.15, 0.2) is 6.10 Å². The number of nitrogens with two attached hydrogens (primary N) is 1. The normalized spacial score (nSPS) is 13.5. The van der Waals surface area contributed by atoms with Crippen LogP contribution in [0.1, 0.15) is 309 Å². The number of hydrogen-bond donors (Lipinski definition) is 2. The van der Waals surface area contributed by atoms with Gasteiger partial charge in [0.2, 0.25) is 0 Å². The maximum atomic E-state index is 12.7. The number of ether oxygens (including phenoxy) is 2. The molecule has 0 radical (unpaired) electrons. The summed E-state index contributed by atoms with van der Waals surface area (Å²) in [5.41, 5.74) is 5.38. The molecular weight excluding hydrogens is 978 g/mol. The van der Waals surface area contributed by atoms with Gasteiger partial charge in [0.1, 0.15) is 6.61 Å². The molecule has 0 saturated carbocycles. The van der Waals surface area contributed by atoms with Crippen molar-refractivity contribution in [3.8, 4) is 0 Å². The quantitative estimate of drug-likeness (QED) is 0.0264. The Labute approximate surface area is 475 Å². The first-order valence-corrected chi connectivity index (χ1v) is 33.9. The summed E-state index contributed by atoms with van der Waals surface area (Å²) in [6.45, 7) is 3.61. The van der Waals surface area contributed by atoms with E-state index in [2.05, 4.69) is 86.8 Å². The van der Waals surface area contributed by atoms with Gasteiger partial charge >= 0.3 is 19.8 Å². The summed E-state index contributed by atoms with van der Waals surface area (Å²) >= 11 is 0. The molecular formula is C67H122NO8P. The molecule has 77 heavy (non-hydrogen) atoms. The number of carbonyl (C=O) groups is 2. The molecule has 0 fully saturated rings. The number of rotatable bonds is 61. The molecule has 0 aliphatic heterocycles. The Morgan fingerprint density at radius 2 is 0.714 bits per heavy atom. The van der Waals surface area contributed by atoms with E-state index in [0.29, 0.717) is 6.42 Å². The fourth-order valence-electron chi connectivity index (χ4n) is 9.35. The zero-order valence-electron chi connectivity index (χ0n) is 50.2. The van der Waals surface area contributed by atoms with E-state index in [-0.39, 0.29) is 38.6 Å². The van der Waals surface area contributed by atoms with Gasteiger partial charge < -0.3 is 20.1 Å². The first-order chi connectivity index (χ1) is 37.8. The highest BCUT2D eigenvalue weighted by atomic mass is 31.2. The molecule has 10 heteroatoms. The minimum atomic E-state index is -4.40. The van der Waals surface area contributed by atoms with E-state index in [9.17, 15) is 19.0 Å². The van der Waals surface area contributed by atoms with E-state index in [0.717, 1.165) is 70.6 Å². The van der Waals surface area contributed by atoms with Crippen LogP contribution in [0.3, 0.4) is 0 Å². The molecule has 9 nitrogen and oxygen atoms in total. The van der Waals surface area contributed by atoms with E-state index in [1.54, 1.807) is 0 Å². The number of phosphoric ester groups is 1. The first kappa shape index (κ1) is 74.5. The highest BCUT2D eigenvalue weighted by molar-refractivity contribution is 7.47. The van der Waals surface area contributed by atoms with Crippen LogP contribution in [-0.4, -0.2) is 49.3 Å². The predicted molar refractivity (Wildman–Crippen MR) is 330 cm³/mol. The number of carbonyl (C=O) groups excluding carboxylic acids is 2. The van der Waals surface area contributed by atoms with Crippen LogP contribution in [0.5, 0.6) is 0 Å². The first-order valence-electron chi connectivity index (χ1n) is 32.4. The van der Waals surface area contributed by atoms with Gasteiger partial charge in [-0.1, -0.05) is 305 Å². The summed E-state index contributed by atoms with van der Waals surface area (Å²) < 4.78 is 33.0. The van der Waals surface area contributed by atoms with Crippen molar-refractivity contribution in [1.29, 1.82) is 0 Å². The average molecular weight is 1100 g/mol. The lowest BCUT2D eigenvalue weighted by Crippen LogP contribution is -2.29. The molecule has 0 aliphatic carbocycles. The molecule has 0 aromatic carbocycles. The Bertz CT molecular complexity index is 1490. The maximum Gasteiger partial charge on any atom is 0.472 e. The topological polar surface area (TPSA) is 134 Å². The van der Waals surface area contributed by atoms with Crippen LogP contribution in [0, 0.1) is 0 Å². The second kappa shape index (κ2) is 62.6. The standard InChI is InChI=1S/C67H122NO8P/c1-3-5-7-9-11-13-15-17-19-21-23-25-26-27-28-29-30-31-32-33-34-35-36-37-38-40-41-43-45-47-49-51-53-55-57-59-66(69)73-63-65(64-75-77(71,72)74-62-61-68)76-67(70)60-58-56-54-52-50-48-46-44-42-39-24-22-20-18-16-14-12-10-8-6-4-2/h6,8,12,14,18,20,24,39,44,46,50,52,65H,3-5,7,9-11,13,15-17,19,21-23,25-38,40-43,45,47-49,51,53-64,68H2,1-2H3,(H,71,72)/b8-6-,14-12-,20-18-,39-24-,46-44-,52-50-. The van der Waals surface area contributed by atoms with Crippen LogP contribution in [0.15, 0.2) is 72.9 Å². The third kappa shape index (κ3) is 62.5. The Kier molecular flexibility index (Phi) is 60.6. The van der Waals surface area contributed by atoms with Crippen LogP contribution in [0.4, 0.5) is 0 Å². The lowest BCUT2D eigenvalue weighted by Gasteiger charge is -2.19. The third-order valence-electron chi connectivity index (χ3n) is 14.1. The van der Waals surface area contributed by atoms with Crippen LogP contribution < -0.4 is 5.73 Å². The zero-order chi connectivity index (χ0) is 55.9. The predicted octanol–water partition coefficient (Wildman–Crippen LogP) is 20.9. The molecule has 0 heterocycles. The Morgan fingerprint density at radius 3 is 1.06 bits per heavy atom. The second-order valence-electron chi connectivity index (χ2n) is 21.6. The molecule has 2 unspecified atom stereocenters. The van der Waals surface area contributed by atoms with Crippen molar-refractivity contribution >= 4 is 19.8 Å². The molecule has 0 saturated heterocycles. The largest absolute Gasteiger partial charge is 0.472 e. The van der Waals surface area contributed by atoms with Crippen molar-refractivity contribution in [3.05, 3.63) is 72.9 Å². The molecule has 0 bridgehead atoms. The summed E-state index contributed by atoms with van der Waals surface area (Å²) in [6, 6.07) is 0. The van der Waals surface area contributed by atoms with Gasteiger partial charge in [0.25, 0.3) is 0 Å². The fraction of sp³-hybridized carbons (Fsp3) is 0.791. The van der Waals surface area contributed by atoms with Gasteiger partial charge in [-0.25, -0.2) is 4.57 Å². The number of unbranched alkanes of at least 4 members (excludes halogenated alkanes) is 36. The van der Waals surface area contributed by atoms with Crippen molar-refractivity contribution in [3.63, 3.8) is 0 Å². The monoisotopic (exact) mass is 1100 g/mol. The smallest absolute Gasteiger partial charge is 0.462 e. The van der Waals surface area contributed by atoms with Crippen LogP contribution in [-0.2, 0) is 32.7 Å². The third-order valence-corrected chi connectivity index (χ3v) is 15.1. The van der Waals surface area contributed by atoms with Crippen LogP contribution in [0.25, 0.3) is 0 Å². The van der Waals surface area contributed by atoms with E-state index < -0.39 is 26.5 Å². The lowest BCUT2D eigenvalue weighted by atomic mass is 10.0. The average Bonchev–Trinajstić information content (AvgIpc) is 3.42. The second-order valence-corrected chi connectivity index (χ2v) is 23.1. The van der Waals surface area contributed by atoms with E-state index in [1.165, 1.54) is 205 Å². The van der Waals surface area contributed by atoms with E-state index in [1.807, 2.05) is 0 Å². The van der Waals surface area contributed by atoms with Crippen molar-refractivity contribution in [1.82, 2.24) is 0 Å². The van der Waals surface area contributed by atoms with Gasteiger partial charge in [0, 0.05) is 19.4 Å². The van der Waals surface area contributed by atoms with Crippen molar-refractivity contribution in [2.75, 3.05) is 26.4 Å². The SMILES string of the molecule is CC/C=C\C/C=C\C/C=C\C/C=C\C/C=C\C/C=C\CCCCC(=O)OC(COC(=O)CCCCCCCCCCCCCCCCCCCCCCCCCCCCCCCCCCCCC)COP(=O)(O)OCCN. The molecule has 0 spiro atoms. The van der Waals surface area contributed by atoms with Crippen LogP contribution in [0.2, 0.25) is 0 Å². The number of hydrogen-bond acceptors (Lipinski definition) is 8. The maximum absolute atomic E-state index is 12.7. The van der Waals surface area contributed by atoms with E-state index in [4.69, 9.17) is 24.3 Å². The number of phosphoric acid groups is 1. The molecule has 3 N–H and O–H groups in total. The summed E-state index contributed by atoms with van der Waals surface area (Å²) in [5.74, 6) is -0.871. The molecule has 0 aliphatic rings. The fourth-order valence-corrected chi connectivity index (χ4v) is 10.1. The summed E-state index contributed by atoms with van der Waals surface area (Å²) in [7, 11) is -4.40. The van der Waals surface area contributed by atoms with Gasteiger partial charge in [-0.3, -0.25) is 18.6 Å². The molecule has 448 valence electrons. The summed E-state index contributed by atoms with van der Waals surface area (Å²) in [6.07, 6.45) is 81.5. The van der Waals surface area contributed by atoms with Crippen LogP contribution >= 0.6 is 7.82 Å². The van der Waals surface area contributed by atoms with Gasteiger partial charge in [-0.05, 0) is 64.2 Å². The molecule has 2 atom stereocenters. The minimum absolute atomic E-state index is 0.0439. The summed E-state index contributed by atoms with van der Waals surface area (Å²) in [4.78, 5) is 35.2. The highest BCUT2D eigenvalue weighted by Crippen LogP contribution is 2.43. The molecule has 0 aromatic heterocycles. The van der Waals surface area contributed by atoms with Crippen molar-refractivity contribution in [2.45, 2.75) is 315 Å². The van der Waals surface area contributed by atoms with Gasteiger partial charge in [0.05, 0.1) is 13.2 Å².